The maximum absolute atomic E-state index is 10.7. The van der Waals surface area contributed by atoms with Crippen LogP contribution < -0.4 is 5.43 Å². The zero-order valence-corrected chi connectivity index (χ0v) is 11.7. The number of nitrogens with one attached hydrogen (secondary N) is 1. The average Bonchev–Trinajstić information content (AvgIpc) is 2.11. The van der Waals surface area contributed by atoms with E-state index in [0.29, 0.717) is 0 Å². The summed E-state index contributed by atoms with van der Waals surface area (Å²) in [4.78, 5) is 10.7. The van der Waals surface area contributed by atoms with Crippen LogP contribution in [-0.2, 0) is 4.79 Å². The van der Waals surface area contributed by atoms with Crippen molar-refractivity contribution in [2.75, 3.05) is 13.6 Å². The van der Waals surface area contributed by atoms with E-state index >= 15 is 0 Å². The molecule has 4 saturated carbocycles. The zero-order chi connectivity index (χ0) is 12.0. The van der Waals surface area contributed by atoms with Gasteiger partial charge < -0.3 is 5.11 Å². The number of carboxylic acids is 1. The van der Waals surface area contributed by atoms with E-state index in [9.17, 15) is 4.79 Å². The van der Waals surface area contributed by atoms with Crippen molar-refractivity contribution in [1.29, 1.82) is 0 Å². The third-order valence-corrected chi connectivity index (χ3v) is 4.84. The Hall–Kier alpha value is -0.320. The summed E-state index contributed by atoms with van der Waals surface area (Å²) in [5, 5.41) is 10.6. The van der Waals surface area contributed by atoms with Gasteiger partial charge in [0.15, 0.2) is 0 Å². The second kappa shape index (κ2) is 4.99. The summed E-state index contributed by atoms with van der Waals surface area (Å²) in [7, 11) is 1.85. The van der Waals surface area contributed by atoms with Gasteiger partial charge in [0.1, 0.15) is 6.54 Å². The standard InChI is InChI=1S/C13H22N2O2.ClH/c1-15(8-12(16)17)14-13-5-9-2-10(6-13)4-11(3-9)7-13;/h9-11,14H,2-8H2,1H3,(H,16,17);1H. The number of likely N-dealkylation sites (N-methyl/N-ethyl adjacent to an activating group) is 1. The maximum Gasteiger partial charge on any atom is 0.319 e. The molecular weight excluding hydrogens is 252 g/mol. The van der Waals surface area contributed by atoms with E-state index in [-0.39, 0.29) is 24.5 Å². The molecule has 18 heavy (non-hydrogen) atoms. The molecule has 0 unspecified atom stereocenters. The lowest BCUT2D eigenvalue weighted by atomic mass is 9.53. The van der Waals surface area contributed by atoms with Crippen molar-refractivity contribution in [2.45, 2.75) is 44.1 Å². The normalized spacial score (nSPS) is 40.9. The summed E-state index contributed by atoms with van der Waals surface area (Å²) in [6.45, 7) is 0.0851. The number of carboxylic acid groups (broad SMARTS) is 1. The average molecular weight is 275 g/mol. The van der Waals surface area contributed by atoms with Crippen LogP contribution in [0.1, 0.15) is 38.5 Å². The lowest BCUT2D eigenvalue weighted by molar-refractivity contribution is -0.140. The molecule has 5 heteroatoms. The van der Waals surface area contributed by atoms with Crippen LogP contribution in [0, 0.1) is 17.8 Å². The highest BCUT2D eigenvalue weighted by atomic mass is 35.5. The first-order chi connectivity index (χ1) is 8.05. The third-order valence-electron chi connectivity index (χ3n) is 4.84. The van der Waals surface area contributed by atoms with Crippen molar-refractivity contribution in [1.82, 2.24) is 10.4 Å². The molecule has 4 rings (SSSR count). The largest absolute Gasteiger partial charge is 0.480 e. The Morgan fingerprint density at radius 3 is 2.06 bits per heavy atom. The molecule has 0 aromatic carbocycles. The fourth-order valence-corrected chi connectivity index (χ4v) is 4.89. The molecule has 0 amide bonds. The minimum absolute atomic E-state index is 0. The summed E-state index contributed by atoms with van der Waals surface area (Å²) < 4.78 is 0. The topological polar surface area (TPSA) is 52.6 Å². The molecule has 4 aliphatic rings. The fourth-order valence-electron chi connectivity index (χ4n) is 4.89. The molecule has 0 radical (unpaired) electrons. The SMILES string of the molecule is CN(CC(=O)O)NC12CC3CC(CC(C3)C1)C2.Cl. The van der Waals surface area contributed by atoms with Crippen molar-refractivity contribution in [2.24, 2.45) is 17.8 Å². The summed E-state index contributed by atoms with van der Waals surface area (Å²) >= 11 is 0. The quantitative estimate of drug-likeness (QED) is 0.769. The number of aliphatic carboxylic acids is 1. The monoisotopic (exact) mass is 274 g/mol. The molecule has 0 heterocycles. The lowest BCUT2D eigenvalue weighted by Gasteiger charge is -2.57. The number of rotatable bonds is 4. The molecule has 0 spiro atoms. The van der Waals surface area contributed by atoms with Gasteiger partial charge in [-0.2, -0.15) is 0 Å². The highest BCUT2D eigenvalue weighted by Gasteiger charge is 2.51. The Kier molecular flexibility index (Phi) is 3.90. The van der Waals surface area contributed by atoms with Gasteiger partial charge in [-0.15, -0.1) is 12.4 Å². The first kappa shape index (κ1) is 14.1. The van der Waals surface area contributed by atoms with Crippen LogP contribution >= 0.6 is 12.4 Å². The van der Waals surface area contributed by atoms with E-state index in [0.717, 1.165) is 17.8 Å². The van der Waals surface area contributed by atoms with Crippen LogP contribution in [0.15, 0.2) is 0 Å². The van der Waals surface area contributed by atoms with E-state index in [1.165, 1.54) is 38.5 Å². The van der Waals surface area contributed by atoms with E-state index < -0.39 is 5.97 Å². The number of hydrogen-bond acceptors (Lipinski definition) is 3. The minimum atomic E-state index is -0.760. The minimum Gasteiger partial charge on any atom is -0.480 e. The van der Waals surface area contributed by atoms with Crippen LogP contribution in [0.25, 0.3) is 0 Å². The number of halogens is 1. The maximum atomic E-state index is 10.7. The van der Waals surface area contributed by atoms with E-state index in [4.69, 9.17) is 5.11 Å². The molecule has 0 aromatic heterocycles. The van der Waals surface area contributed by atoms with Gasteiger partial charge in [-0.3, -0.25) is 4.79 Å². The van der Waals surface area contributed by atoms with E-state index in [1.54, 1.807) is 5.01 Å². The van der Waals surface area contributed by atoms with Crippen molar-refractivity contribution >= 4 is 18.4 Å². The van der Waals surface area contributed by atoms with Gasteiger partial charge in [0, 0.05) is 12.6 Å². The second-order valence-electron chi connectivity index (χ2n) is 6.56. The van der Waals surface area contributed by atoms with Crippen LogP contribution in [0.5, 0.6) is 0 Å². The summed E-state index contributed by atoms with van der Waals surface area (Å²) in [6.07, 6.45) is 8.02. The Labute approximate surface area is 114 Å². The van der Waals surface area contributed by atoms with Gasteiger partial charge in [0.05, 0.1) is 0 Å². The Balaban J connectivity index is 0.00000120. The van der Waals surface area contributed by atoms with Crippen molar-refractivity contribution in [3.05, 3.63) is 0 Å². The first-order valence-electron chi connectivity index (χ1n) is 6.75. The molecule has 4 nitrogen and oxygen atoms in total. The molecule has 0 aliphatic heterocycles. The van der Waals surface area contributed by atoms with E-state index in [2.05, 4.69) is 5.43 Å². The Morgan fingerprint density at radius 1 is 1.22 bits per heavy atom. The third kappa shape index (κ3) is 2.65. The fraction of sp³-hybridized carbons (Fsp3) is 0.923. The first-order valence-corrected chi connectivity index (χ1v) is 6.75. The predicted octanol–water partition coefficient (Wildman–Crippen LogP) is 1.90. The van der Waals surface area contributed by atoms with Gasteiger partial charge in [-0.25, -0.2) is 10.4 Å². The Bertz CT molecular complexity index is 300. The number of carbonyl (C=O) groups is 1. The molecule has 0 atom stereocenters. The second-order valence-corrected chi connectivity index (χ2v) is 6.56. The smallest absolute Gasteiger partial charge is 0.319 e. The molecular formula is C13H23ClN2O2. The van der Waals surface area contributed by atoms with Crippen LogP contribution in [-0.4, -0.2) is 35.2 Å². The van der Waals surface area contributed by atoms with Gasteiger partial charge >= 0.3 is 5.97 Å². The summed E-state index contributed by atoms with van der Waals surface area (Å²) in [5.41, 5.74) is 3.73. The van der Waals surface area contributed by atoms with Gasteiger partial charge in [-0.05, 0) is 56.3 Å². The lowest BCUT2D eigenvalue weighted by Crippen LogP contribution is -2.62. The highest BCUT2D eigenvalue weighted by Crippen LogP contribution is 2.55. The van der Waals surface area contributed by atoms with E-state index in [1.807, 2.05) is 7.05 Å². The number of hydrazine groups is 1. The van der Waals surface area contributed by atoms with Gasteiger partial charge in [0.25, 0.3) is 0 Å². The summed E-state index contributed by atoms with van der Waals surface area (Å²) in [6, 6.07) is 0. The van der Waals surface area contributed by atoms with Crippen LogP contribution in [0.2, 0.25) is 0 Å². The predicted molar refractivity (Wildman–Crippen MR) is 71.6 cm³/mol. The number of nitrogens with zero attached hydrogens (tertiary/aromatic N) is 1. The number of hydrogen-bond donors (Lipinski definition) is 2. The Morgan fingerprint density at radius 2 is 1.67 bits per heavy atom. The molecule has 0 saturated heterocycles. The van der Waals surface area contributed by atoms with Gasteiger partial charge in [0.2, 0.25) is 0 Å². The molecule has 4 fully saturated rings. The van der Waals surface area contributed by atoms with Crippen LogP contribution in [0.4, 0.5) is 0 Å². The molecule has 4 aliphatic carbocycles. The highest BCUT2D eigenvalue weighted by molar-refractivity contribution is 5.85. The van der Waals surface area contributed by atoms with Crippen molar-refractivity contribution in [3.8, 4) is 0 Å². The summed E-state index contributed by atoms with van der Waals surface area (Å²) in [5.74, 6) is 1.93. The molecule has 0 aromatic rings. The zero-order valence-electron chi connectivity index (χ0n) is 10.9. The molecule has 4 bridgehead atoms. The van der Waals surface area contributed by atoms with Crippen molar-refractivity contribution < 1.29 is 9.90 Å². The van der Waals surface area contributed by atoms with Crippen molar-refractivity contribution in [3.63, 3.8) is 0 Å². The van der Waals surface area contributed by atoms with Crippen LogP contribution in [0.3, 0.4) is 0 Å². The molecule has 104 valence electrons. The molecule has 2 N–H and O–H groups in total. The van der Waals surface area contributed by atoms with Gasteiger partial charge in [-0.1, -0.05) is 0 Å².